The lowest BCUT2D eigenvalue weighted by molar-refractivity contribution is 0.0696. The predicted molar refractivity (Wildman–Crippen MR) is 79.5 cm³/mol. The summed E-state index contributed by atoms with van der Waals surface area (Å²) >= 11 is 1.53. The van der Waals surface area contributed by atoms with Crippen LogP contribution in [0.1, 0.15) is 21.5 Å². The Balaban J connectivity index is 2.17. The topological polar surface area (TPSA) is 76.2 Å². The van der Waals surface area contributed by atoms with Crippen molar-refractivity contribution >= 4 is 17.3 Å². The number of hydrogen-bond acceptors (Lipinski definition) is 5. The zero-order chi connectivity index (χ0) is 15.0. The third-order valence-electron chi connectivity index (χ3n) is 3.24. The molecule has 0 bridgehead atoms. The molecule has 0 radical (unpaired) electrons. The van der Waals surface area contributed by atoms with Gasteiger partial charge in [-0.1, -0.05) is 12.1 Å². The van der Waals surface area contributed by atoms with Crippen LogP contribution in [0.25, 0.3) is 22.9 Å². The number of carbonyl (C=O) groups is 1. The molecule has 2 aromatic heterocycles. The minimum absolute atomic E-state index is 0.204. The molecular formula is C15H12N2O3S. The number of carboxylic acids is 1. The maximum atomic E-state index is 11.5. The zero-order valence-corrected chi connectivity index (χ0v) is 12.3. The summed E-state index contributed by atoms with van der Waals surface area (Å²) in [7, 11) is 0. The second-order valence-electron chi connectivity index (χ2n) is 4.68. The average Bonchev–Trinajstić information content (AvgIpc) is 3.10. The fourth-order valence-corrected chi connectivity index (χ4v) is 2.82. The van der Waals surface area contributed by atoms with Crippen LogP contribution in [0.2, 0.25) is 0 Å². The Morgan fingerprint density at radius 3 is 2.52 bits per heavy atom. The Kier molecular flexibility index (Phi) is 3.31. The zero-order valence-electron chi connectivity index (χ0n) is 11.5. The quantitative estimate of drug-likeness (QED) is 0.796. The van der Waals surface area contributed by atoms with E-state index in [-0.39, 0.29) is 11.5 Å². The van der Waals surface area contributed by atoms with Crippen molar-refractivity contribution in [2.45, 2.75) is 13.8 Å². The van der Waals surface area contributed by atoms with Gasteiger partial charge in [0.15, 0.2) is 0 Å². The van der Waals surface area contributed by atoms with Crippen LogP contribution in [0.15, 0.2) is 33.4 Å². The van der Waals surface area contributed by atoms with E-state index in [0.717, 1.165) is 11.1 Å². The lowest BCUT2D eigenvalue weighted by Crippen LogP contribution is -2.04. The van der Waals surface area contributed by atoms with Crippen LogP contribution in [0.3, 0.4) is 0 Å². The van der Waals surface area contributed by atoms with Crippen molar-refractivity contribution < 1.29 is 14.3 Å². The summed E-state index contributed by atoms with van der Waals surface area (Å²) in [5.41, 5.74) is 2.98. The highest BCUT2D eigenvalue weighted by molar-refractivity contribution is 7.08. The molecule has 3 aromatic rings. The Morgan fingerprint density at radius 1 is 1.14 bits per heavy atom. The van der Waals surface area contributed by atoms with Crippen LogP contribution >= 0.6 is 11.3 Å². The monoisotopic (exact) mass is 300 g/mol. The summed E-state index contributed by atoms with van der Waals surface area (Å²) in [5.74, 6) is -0.375. The van der Waals surface area contributed by atoms with Crippen LogP contribution in [0.5, 0.6) is 0 Å². The Labute approximate surface area is 124 Å². The molecule has 0 aliphatic rings. The summed E-state index contributed by atoms with van der Waals surface area (Å²) < 4.78 is 5.66. The number of rotatable bonds is 3. The van der Waals surface area contributed by atoms with Crippen LogP contribution in [0.4, 0.5) is 0 Å². The average molecular weight is 300 g/mol. The van der Waals surface area contributed by atoms with Gasteiger partial charge in [-0.3, -0.25) is 0 Å². The van der Waals surface area contributed by atoms with Crippen molar-refractivity contribution in [1.29, 1.82) is 0 Å². The van der Waals surface area contributed by atoms with Crippen molar-refractivity contribution in [3.05, 3.63) is 45.6 Å². The number of thiophene rings is 1. The third-order valence-corrected chi connectivity index (χ3v) is 3.93. The van der Waals surface area contributed by atoms with Gasteiger partial charge in [-0.05, 0) is 36.4 Å². The summed E-state index contributed by atoms with van der Waals surface area (Å²) in [5, 5.41) is 21.3. The molecule has 21 heavy (non-hydrogen) atoms. The minimum Gasteiger partial charge on any atom is -0.478 e. The van der Waals surface area contributed by atoms with Gasteiger partial charge in [0, 0.05) is 10.9 Å². The summed E-state index contributed by atoms with van der Waals surface area (Å²) in [6, 6.07) is 5.51. The molecule has 6 heteroatoms. The van der Waals surface area contributed by atoms with E-state index < -0.39 is 5.97 Å². The van der Waals surface area contributed by atoms with E-state index in [1.165, 1.54) is 11.3 Å². The molecule has 0 atom stereocenters. The second-order valence-corrected chi connectivity index (χ2v) is 5.46. The summed E-state index contributed by atoms with van der Waals surface area (Å²) in [6.07, 6.45) is 0. The van der Waals surface area contributed by atoms with Gasteiger partial charge in [-0.2, -0.15) is 11.3 Å². The van der Waals surface area contributed by atoms with Crippen molar-refractivity contribution in [3.63, 3.8) is 0 Å². The highest BCUT2D eigenvalue weighted by Gasteiger charge is 2.21. The van der Waals surface area contributed by atoms with Crippen molar-refractivity contribution in [1.82, 2.24) is 10.2 Å². The van der Waals surface area contributed by atoms with E-state index in [1.807, 2.05) is 29.8 Å². The van der Waals surface area contributed by atoms with E-state index in [4.69, 9.17) is 4.42 Å². The highest BCUT2D eigenvalue weighted by atomic mass is 32.1. The maximum Gasteiger partial charge on any atom is 0.336 e. The summed E-state index contributed by atoms with van der Waals surface area (Å²) in [4.78, 5) is 11.5. The summed E-state index contributed by atoms with van der Waals surface area (Å²) in [6.45, 7) is 3.58. The van der Waals surface area contributed by atoms with Crippen LogP contribution < -0.4 is 0 Å². The van der Waals surface area contributed by atoms with E-state index in [2.05, 4.69) is 10.2 Å². The Morgan fingerprint density at radius 2 is 1.86 bits per heavy atom. The van der Waals surface area contributed by atoms with Gasteiger partial charge in [0.1, 0.15) is 0 Å². The normalized spacial score (nSPS) is 10.8. The number of nitrogens with zero attached hydrogens (tertiary/aromatic N) is 2. The number of aromatic nitrogens is 2. The SMILES string of the molecule is Cc1ccc(C)c(-c2nnc(-c3ccsc3)o2)c1C(=O)O. The van der Waals surface area contributed by atoms with Gasteiger partial charge < -0.3 is 9.52 Å². The largest absolute Gasteiger partial charge is 0.478 e. The van der Waals surface area contributed by atoms with E-state index in [0.29, 0.717) is 17.0 Å². The van der Waals surface area contributed by atoms with Gasteiger partial charge in [0.2, 0.25) is 11.8 Å². The molecule has 0 aliphatic carbocycles. The van der Waals surface area contributed by atoms with Crippen LogP contribution in [0, 0.1) is 13.8 Å². The molecule has 3 rings (SSSR count). The van der Waals surface area contributed by atoms with Crippen LogP contribution in [-0.2, 0) is 0 Å². The molecule has 1 N–H and O–H groups in total. The van der Waals surface area contributed by atoms with Crippen molar-refractivity contribution in [2.24, 2.45) is 0 Å². The van der Waals surface area contributed by atoms with Gasteiger partial charge in [-0.15, -0.1) is 10.2 Å². The van der Waals surface area contributed by atoms with E-state index in [1.54, 1.807) is 13.0 Å². The molecule has 5 nitrogen and oxygen atoms in total. The first-order valence-corrected chi connectivity index (χ1v) is 7.22. The van der Waals surface area contributed by atoms with Gasteiger partial charge in [-0.25, -0.2) is 4.79 Å². The van der Waals surface area contributed by atoms with Crippen molar-refractivity contribution in [2.75, 3.05) is 0 Å². The van der Waals surface area contributed by atoms with Gasteiger partial charge in [0.05, 0.1) is 11.1 Å². The Hall–Kier alpha value is -2.47. The molecule has 0 unspecified atom stereocenters. The molecule has 0 saturated carbocycles. The first kappa shape index (κ1) is 13.5. The smallest absolute Gasteiger partial charge is 0.336 e. The van der Waals surface area contributed by atoms with Crippen LogP contribution in [-0.4, -0.2) is 21.3 Å². The predicted octanol–water partition coefficient (Wildman–Crippen LogP) is 3.78. The fourth-order valence-electron chi connectivity index (χ4n) is 2.19. The third kappa shape index (κ3) is 2.34. The first-order valence-electron chi connectivity index (χ1n) is 6.28. The molecule has 0 fully saturated rings. The van der Waals surface area contributed by atoms with Gasteiger partial charge >= 0.3 is 5.97 Å². The molecule has 0 saturated heterocycles. The number of aryl methyl sites for hydroxylation is 2. The van der Waals surface area contributed by atoms with E-state index >= 15 is 0 Å². The molecular weight excluding hydrogens is 288 g/mol. The standard InChI is InChI=1S/C15H12N2O3S/c1-8-3-4-9(2)12(15(18)19)11(8)14-17-16-13(20-14)10-5-6-21-7-10/h3-7H,1-2H3,(H,18,19). The first-order chi connectivity index (χ1) is 10.1. The maximum absolute atomic E-state index is 11.5. The lowest BCUT2D eigenvalue weighted by atomic mass is 9.97. The number of benzene rings is 1. The minimum atomic E-state index is -0.999. The highest BCUT2D eigenvalue weighted by Crippen LogP contribution is 2.31. The molecule has 0 aliphatic heterocycles. The van der Waals surface area contributed by atoms with Gasteiger partial charge in [0.25, 0.3) is 0 Å². The molecule has 106 valence electrons. The fraction of sp³-hybridized carbons (Fsp3) is 0.133. The molecule has 1 aromatic carbocycles. The number of aromatic carboxylic acids is 1. The number of hydrogen-bond donors (Lipinski definition) is 1. The lowest BCUT2D eigenvalue weighted by Gasteiger charge is -2.08. The second kappa shape index (κ2) is 5.14. The molecule has 0 spiro atoms. The Bertz CT molecular complexity index is 806. The van der Waals surface area contributed by atoms with E-state index in [9.17, 15) is 9.90 Å². The molecule has 2 heterocycles. The number of carboxylic acid groups (broad SMARTS) is 1. The molecule has 0 amide bonds. The van der Waals surface area contributed by atoms with Crippen molar-refractivity contribution in [3.8, 4) is 22.9 Å².